The summed E-state index contributed by atoms with van der Waals surface area (Å²) in [5.41, 5.74) is 0. The Morgan fingerprint density at radius 3 is 1.45 bits per heavy atom. The van der Waals surface area contributed by atoms with Crippen LogP contribution in [0.25, 0.3) is 0 Å². The molecule has 0 aliphatic carbocycles. The first-order valence-corrected chi connectivity index (χ1v) is 9.54. The minimum atomic E-state index is -2.25. The molecule has 0 heterocycles. The number of hydrogen-bond donors (Lipinski definition) is 0. The van der Waals surface area contributed by atoms with Crippen molar-refractivity contribution in [2.45, 2.75) is 79.1 Å². The van der Waals surface area contributed by atoms with Crippen LogP contribution >= 0.6 is 8.25 Å². The molecule has 0 aromatic carbocycles. The van der Waals surface area contributed by atoms with E-state index >= 15 is 0 Å². The summed E-state index contributed by atoms with van der Waals surface area (Å²) < 4.78 is 21.9. The van der Waals surface area contributed by atoms with Crippen LogP contribution in [-0.4, -0.2) is 13.2 Å². The maximum atomic E-state index is 11.5. The number of unbranched alkanes of at least 4 members (excludes halogenated alkanes) is 4. The third-order valence-corrected chi connectivity index (χ3v) is 4.17. The van der Waals surface area contributed by atoms with Crippen molar-refractivity contribution in [3.63, 3.8) is 0 Å². The van der Waals surface area contributed by atoms with E-state index in [1.165, 1.54) is 25.7 Å². The fraction of sp³-hybridized carbons (Fsp3) is 1.00. The Kier molecular flexibility index (Phi) is 14.2. The molecule has 3 nitrogen and oxygen atoms in total. The van der Waals surface area contributed by atoms with E-state index in [-0.39, 0.29) is 0 Å². The van der Waals surface area contributed by atoms with E-state index in [1.807, 2.05) is 0 Å². The Morgan fingerprint density at radius 1 is 0.700 bits per heavy atom. The van der Waals surface area contributed by atoms with Crippen molar-refractivity contribution in [2.24, 2.45) is 11.8 Å². The van der Waals surface area contributed by atoms with Crippen molar-refractivity contribution < 1.29 is 13.6 Å². The molecular weight excluding hydrogens is 271 g/mol. The molecule has 0 aliphatic heterocycles. The van der Waals surface area contributed by atoms with Gasteiger partial charge in [-0.15, -0.1) is 0 Å². The van der Waals surface area contributed by atoms with Crippen LogP contribution in [0.4, 0.5) is 0 Å². The zero-order valence-corrected chi connectivity index (χ0v) is 15.0. The summed E-state index contributed by atoms with van der Waals surface area (Å²) in [7, 11) is -2.25. The number of rotatable bonds is 14. The molecule has 0 saturated heterocycles. The monoisotopic (exact) mass is 306 g/mol. The van der Waals surface area contributed by atoms with Crippen LogP contribution < -0.4 is 0 Å². The molecule has 0 spiro atoms. The maximum absolute atomic E-state index is 11.5. The summed E-state index contributed by atoms with van der Waals surface area (Å²) >= 11 is 0. The second-order valence-corrected chi connectivity index (χ2v) is 7.51. The highest BCUT2D eigenvalue weighted by Gasteiger charge is 2.01. The largest absolute Gasteiger partial charge is 0.319 e. The van der Waals surface area contributed by atoms with Gasteiger partial charge in [0.25, 0.3) is 0 Å². The van der Waals surface area contributed by atoms with E-state index in [9.17, 15) is 4.57 Å². The standard InChI is InChI=1S/C16H35O3P/c1-15(2)11-7-5-9-13-18-20(17)19-14-10-6-8-12-16(3)4/h15-16,20H,5-14H2,1-4H3. The average molecular weight is 306 g/mol. The third kappa shape index (κ3) is 16.2. The van der Waals surface area contributed by atoms with Crippen LogP contribution in [0, 0.1) is 11.8 Å². The normalized spacial score (nSPS) is 11.9. The lowest BCUT2D eigenvalue weighted by Crippen LogP contribution is -1.94. The average Bonchev–Trinajstić information content (AvgIpc) is 2.37. The lowest BCUT2D eigenvalue weighted by Gasteiger charge is -2.07. The molecule has 0 N–H and O–H groups in total. The van der Waals surface area contributed by atoms with Gasteiger partial charge in [-0.1, -0.05) is 66.2 Å². The quantitative estimate of drug-likeness (QED) is 0.298. The Morgan fingerprint density at radius 2 is 1.10 bits per heavy atom. The minimum absolute atomic E-state index is 0.573. The molecule has 0 radical (unpaired) electrons. The van der Waals surface area contributed by atoms with Crippen molar-refractivity contribution >= 4 is 8.25 Å². The molecule has 0 aliphatic rings. The van der Waals surface area contributed by atoms with Crippen molar-refractivity contribution in [1.82, 2.24) is 0 Å². The lowest BCUT2D eigenvalue weighted by molar-refractivity contribution is 0.217. The van der Waals surface area contributed by atoms with Gasteiger partial charge in [-0.3, -0.25) is 4.57 Å². The van der Waals surface area contributed by atoms with Gasteiger partial charge in [-0.2, -0.15) is 0 Å². The highest BCUT2D eigenvalue weighted by molar-refractivity contribution is 7.33. The Hall–Kier alpha value is 0.150. The SMILES string of the molecule is CC(C)CCCCCO[PH](=O)OCCCCCC(C)C. The summed E-state index contributed by atoms with van der Waals surface area (Å²) in [6.45, 7) is 10.1. The van der Waals surface area contributed by atoms with E-state index in [4.69, 9.17) is 9.05 Å². The molecule has 0 bridgehead atoms. The van der Waals surface area contributed by atoms with Gasteiger partial charge in [0.15, 0.2) is 0 Å². The van der Waals surface area contributed by atoms with Gasteiger partial charge in [-0.25, -0.2) is 0 Å². The second-order valence-electron chi connectivity index (χ2n) is 6.43. The van der Waals surface area contributed by atoms with Gasteiger partial charge in [-0.05, 0) is 24.7 Å². The molecular formula is C16H35O3P. The Bertz CT molecular complexity index is 208. The van der Waals surface area contributed by atoms with E-state index in [0.717, 1.165) is 37.5 Å². The van der Waals surface area contributed by atoms with E-state index in [2.05, 4.69) is 27.7 Å². The molecule has 0 saturated carbocycles. The van der Waals surface area contributed by atoms with Crippen molar-refractivity contribution in [2.75, 3.05) is 13.2 Å². The smallest absolute Gasteiger partial charge is 0.311 e. The van der Waals surface area contributed by atoms with Crippen molar-refractivity contribution in [3.8, 4) is 0 Å². The molecule has 0 aromatic heterocycles. The zero-order chi connectivity index (χ0) is 15.2. The van der Waals surface area contributed by atoms with Gasteiger partial charge in [0.1, 0.15) is 0 Å². The lowest BCUT2D eigenvalue weighted by atomic mass is 10.1. The van der Waals surface area contributed by atoms with Crippen molar-refractivity contribution in [3.05, 3.63) is 0 Å². The van der Waals surface area contributed by atoms with Gasteiger partial charge < -0.3 is 9.05 Å². The number of hydrogen-bond acceptors (Lipinski definition) is 3. The molecule has 122 valence electrons. The highest BCUT2D eigenvalue weighted by atomic mass is 31.1. The Labute approximate surface area is 126 Å². The molecule has 0 rings (SSSR count). The fourth-order valence-corrected chi connectivity index (χ4v) is 2.72. The fourth-order valence-electron chi connectivity index (χ4n) is 2.02. The summed E-state index contributed by atoms with van der Waals surface area (Å²) in [5.74, 6) is 1.54. The molecule has 0 atom stereocenters. The van der Waals surface area contributed by atoms with Crippen LogP contribution in [0.1, 0.15) is 79.1 Å². The van der Waals surface area contributed by atoms with E-state index < -0.39 is 8.25 Å². The van der Waals surface area contributed by atoms with Crippen LogP contribution in [0.2, 0.25) is 0 Å². The summed E-state index contributed by atoms with van der Waals surface area (Å²) in [6.07, 6.45) is 9.29. The summed E-state index contributed by atoms with van der Waals surface area (Å²) in [4.78, 5) is 0. The van der Waals surface area contributed by atoms with E-state index in [1.54, 1.807) is 0 Å². The van der Waals surface area contributed by atoms with Gasteiger partial charge >= 0.3 is 8.25 Å². The highest BCUT2D eigenvalue weighted by Crippen LogP contribution is 2.25. The first kappa shape index (κ1) is 20.1. The summed E-state index contributed by atoms with van der Waals surface area (Å²) in [6, 6.07) is 0. The first-order valence-electron chi connectivity index (χ1n) is 8.32. The molecule has 20 heavy (non-hydrogen) atoms. The second kappa shape index (κ2) is 14.1. The van der Waals surface area contributed by atoms with Crippen LogP contribution in [-0.2, 0) is 13.6 Å². The minimum Gasteiger partial charge on any atom is -0.311 e. The first-order chi connectivity index (χ1) is 9.52. The summed E-state index contributed by atoms with van der Waals surface area (Å²) in [5, 5.41) is 0. The molecule has 0 amide bonds. The van der Waals surface area contributed by atoms with E-state index in [0.29, 0.717) is 13.2 Å². The van der Waals surface area contributed by atoms with Crippen LogP contribution in [0.15, 0.2) is 0 Å². The molecule has 0 fully saturated rings. The van der Waals surface area contributed by atoms with Crippen LogP contribution in [0.5, 0.6) is 0 Å². The van der Waals surface area contributed by atoms with Crippen molar-refractivity contribution in [1.29, 1.82) is 0 Å². The predicted octanol–water partition coefficient (Wildman–Crippen LogP) is 5.84. The van der Waals surface area contributed by atoms with Gasteiger partial charge in [0.05, 0.1) is 13.2 Å². The molecule has 4 heteroatoms. The predicted molar refractivity (Wildman–Crippen MR) is 87.5 cm³/mol. The van der Waals surface area contributed by atoms with Gasteiger partial charge in [0.2, 0.25) is 0 Å². The zero-order valence-electron chi connectivity index (χ0n) is 14.0. The topological polar surface area (TPSA) is 35.5 Å². The third-order valence-electron chi connectivity index (χ3n) is 3.29. The molecule has 0 unspecified atom stereocenters. The van der Waals surface area contributed by atoms with Crippen LogP contribution in [0.3, 0.4) is 0 Å². The Balaban J connectivity index is 3.21. The maximum Gasteiger partial charge on any atom is 0.319 e. The molecule has 0 aromatic rings. The van der Waals surface area contributed by atoms with Gasteiger partial charge in [0, 0.05) is 0 Å².